The van der Waals surface area contributed by atoms with Gasteiger partial charge in [-0.05, 0) is 70.2 Å². The van der Waals surface area contributed by atoms with Crippen molar-refractivity contribution in [3.05, 3.63) is 104 Å². The zero-order valence-electron chi connectivity index (χ0n) is 39.1. The highest BCUT2D eigenvalue weighted by Crippen LogP contribution is 2.57. The van der Waals surface area contributed by atoms with Crippen LogP contribution in [0.2, 0.25) is 0 Å². The van der Waals surface area contributed by atoms with Gasteiger partial charge in [0, 0.05) is 29.6 Å². The lowest BCUT2D eigenvalue weighted by Gasteiger charge is -2.53. The molecular formula is C46H59Cl3N4O18. The molecule has 12 atom stereocenters. The molecule has 0 radical (unpaired) electrons. The minimum Gasteiger partial charge on any atom is -0.510 e. The van der Waals surface area contributed by atoms with Gasteiger partial charge in [0.05, 0.1) is 47.3 Å². The van der Waals surface area contributed by atoms with Gasteiger partial charge in [-0.1, -0.05) is 38.1 Å². The van der Waals surface area contributed by atoms with Crippen LogP contribution in [0.25, 0.3) is 0 Å². The first-order chi connectivity index (χ1) is 31.1. The molecule has 392 valence electrons. The fourth-order valence-electron chi connectivity index (χ4n) is 11.2. The number of nitrogens with zero attached hydrogens (tertiary/aromatic N) is 2. The van der Waals surface area contributed by atoms with E-state index in [0.717, 1.165) is 0 Å². The van der Waals surface area contributed by atoms with Crippen LogP contribution in [-0.4, -0.2) is 177 Å². The zero-order valence-corrected chi connectivity index (χ0v) is 41.5. The molecule has 0 aliphatic heterocycles. The number of aliphatic hydroxyl groups is 9. The van der Waals surface area contributed by atoms with E-state index in [9.17, 15) is 79.8 Å². The van der Waals surface area contributed by atoms with Gasteiger partial charge >= 0.3 is 0 Å². The summed E-state index contributed by atoms with van der Waals surface area (Å²) in [6, 6.07) is 6.33. The highest BCUT2D eigenvalue weighted by Gasteiger charge is 2.69. The van der Waals surface area contributed by atoms with Gasteiger partial charge in [0.2, 0.25) is 11.6 Å². The van der Waals surface area contributed by atoms with Crippen LogP contribution in [0.3, 0.4) is 0 Å². The van der Waals surface area contributed by atoms with Gasteiger partial charge < -0.3 is 73.1 Å². The van der Waals surface area contributed by atoms with Crippen LogP contribution in [0, 0.1) is 23.7 Å². The minimum absolute atomic E-state index is 0. The zero-order chi connectivity index (χ0) is 50.4. The number of phenols is 2. The SMILES string of the molecule is CCO.C[C@H]1c2cccc(O)c2C(=O)C2=C(O)[C@]3(O)C(=O)C(C(N)=O)=C(O)[C@@H](N(C)C)[C@@H]3[C@@H](O)[C@@H]21.C[C@H]1c2cccc(O)c2C(=O)C2=C(O)[C@]3(O)C(=O)C(C(N)=O)=C(O)[C@@H](N(C)C)[C@@H]3[C@@H](O)[C@@H]21.Cl.Cl.Cl.O. The number of benzene rings is 2. The van der Waals surface area contributed by atoms with Gasteiger partial charge in [0.25, 0.3) is 11.8 Å². The van der Waals surface area contributed by atoms with Crippen LogP contribution in [0.4, 0.5) is 0 Å². The second-order valence-electron chi connectivity index (χ2n) is 17.9. The Balaban J connectivity index is 0.000000438. The van der Waals surface area contributed by atoms with Gasteiger partial charge in [-0.25, -0.2) is 0 Å². The molecule has 6 aliphatic carbocycles. The van der Waals surface area contributed by atoms with Crippen molar-refractivity contribution >= 4 is 72.2 Å². The summed E-state index contributed by atoms with van der Waals surface area (Å²) in [6.07, 6.45) is -3.18. The number of phenolic OH excluding ortho intramolecular Hbond substituents is 2. The molecule has 0 saturated carbocycles. The number of primary amides is 2. The molecule has 0 aromatic heterocycles. The van der Waals surface area contributed by atoms with Crippen LogP contribution in [-0.2, 0) is 19.2 Å². The molecule has 0 fully saturated rings. The maximum atomic E-state index is 13.3. The van der Waals surface area contributed by atoms with Crippen LogP contribution in [0.15, 0.2) is 81.7 Å². The Labute approximate surface area is 424 Å². The summed E-state index contributed by atoms with van der Waals surface area (Å²) < 4.78 is 0. The Morgan fingerprint density at radius 1 is 0.606 bits per heavy atom. The van der Waals surface area contributed by atoms with Gasteiger partial charge in [0.1, 0.15) is 45.7 Å². The molecule has 0 heterocycles. The summed E-state index contributed by atoms with van der Waals surface area (Å²) in [6.45, 7) is 5.28. The number of likely N-dealkylation sites (N-methyl/N-ethyl adjacent to an activating group) is 2. The molecule has 17 N–H and O–H groups in total. The minimum atomic E-state index is -2.89. The normalized spacial score (nSPS) is 31.2. The molecule has 71 heavy (non-hydrogen) atoms. The van der Waals surface area contributed by atoms with Crippen molar-refractivity contribution < 1.29 is 90.4 Å². The van der Waals surface area contributed by atoms with Crippen molar-refractivity contribution in [2.75, 3.05) is 34.8 Å². The summed E-state index contributed by atoms with van der Waals surface area (Å²) in [5.74, 6) is -17.7. The molecule has 6 aliphatic rings. The molecule has 0 spiro atoms. The molecule has 8 rings (SSSR count). The number of fused-ring (bicyclic) bond motifs is 6. The van der Waals surface area contributed by atoms with Crippen LogP contribution >= 0.6 is 37.2 Å². The average molecular weight is 1060 g/mol. The molecule has 2 amide bonds. The standard InChI is InChI=1S/2C22H24N2O8.C2H6O.3ClH.H2O/c2*1-7-8-5-4-6-9(25)11(8)16(26)12-10(7)17(27)14-15(24(2)3)18(28)13(21(23)31)20(30)22(14,32)19(12)29;1-2-3;;;;/h2*4-7,10,14-15,17,25,27-29,32H,1-3H3,(H2,23,31);3H,2H2,1H3;3*1H;1H2/t2*7-,10+,14+,15-,17-,22-;;;;;/m00...../s1. The first-order valence-corrected chi connectivity index (χ1v) is 21.1. The fraction of sp³-hybridized carbons (Fsp3) is 0.435. The lowest BCUT2D eigenvalue weighted by atomic mass is 9.55. The number of rotatable bonds is 4. The molecule has 0 bridgehead atoms. The number of carbonyl (C=O) groups excluding carboxylic acids is 6. The Hall–Kier alpha value is -5.63. The largest absolute Gasteiger partial charge is 0.510 e. The predicted molar refractivity (Wildman–Crippen MR) is 258 cm³/mol. The van der Waals surface area contributed by atoms with Gasteiger partial charge in [-0.15, -0.1) is 37.2 Å². The second-order valence-corrected chi connectivity index (χ2v) is 17.9. The predicted octanol–water partition coefficient (Wildman–Crippen LogP) is -0.256. The number of carbonyl (C=O) groups is 6. The Bertz CT molecular complexity index is 2490. The molecule has 0 saturated heterocycles. The Morgan fingerprint density at radius 3 is 1.14 bits per heavy atom. The monoisotopic (exact) mass is 1060 g/mol. The van der Waals surface area contributed by atoms with E-state index in [1.54, 1.807) is 45.0 Å². The van der Waals surface area contributed by atoms with E-state index in [-0.39, 0.29) is 71.9 Å². The van der Waals surface area contributed by atoms with Gasteiger partial charge in [-0.3, -0.25) is 38.6 Å². The highest BCUT2D eigenvalue weighted by atomic mass is 35.5. The van der Waals surface area contributed by atoms with E-state index < -0.39 is 151 Å². The van der Waals surface area contributed by atoms with E-state index in [4.69, 9.17) is 16.6 Å². The summed E-state index contributed by atoms with van der Waals surface area (Å²) >= 11 is 0. The quantitative estimate of drug-likeness (QED) is 0.176. The number of amides is 2. The van der Waals surface area contributed by atoms with Crippen LogP contribution < -0.4 is 11.5 Å². The maximum absolute atomic E-state index is 13.3. The molecule has 2 aromatic rings. The summed E-state index contributed by atoms with van der Waals surface area (Å²) in [7, 11) is 5.95. The van der Waals surface area contributed by atoms with Crippen molar-refractivity contribution in [3.8, 4) is 11.5 Å². The number of Topliss-reactive ketones (excluding diaryl/α,β-unsaturated/α-hetero) is 4. The number of ketones is 4. The van der Waals surface area contributed by atoms with Crippen LogP contribution in [0.5, 0.6) is 11.5 Å². The van der Waals surface area contributed by atoms with Gasteiger partial charge in [-0.2, -0.15) is 0 Å². The number of nitrogens with two attached hydrogens (primary N) is 2. The third-order valence-corrected chi connectivity index (χ3v) is 14.0. The van der Waals surface area contributed by atoms with Crippen molar-refractivity contribution in [1.29, 1.82) is 0 Å². The number of halogens is 3. The van der Waals surface area contributed by atoms with Crippen molar-refractivity contribution in [2.45, 2.75) is 68.1 Å². The van der Waals surface area contributed by atoms with E-state index in [0.29, 0.717) is 11.1 Å². The number of aromatic hydroxyl groups is 2. The number of hydrogen-bond donors (Lipinski definition) is 13. The summed E-state index contributed by atoms with van der Waals surface area (Å²) in [5.41, 5.74) is 2.73. The molecule has 0 unspecified atom stereocenters. The number of aliphatic hydroxyl groups excluding tert-OH is 7. The van der Waals surface area contributed by atoms with E-state index in [1.807, 2.05) is 0 Å². The first kappa shape index (κ1) is 61.5. The molecular weight excluding hydrogens is 1000 g/mol. The Kier molecular flexibility index (Phi) is 18.7. The maximum Gasteiger partial charge on any atom is 0.255 e. The van der Waals surface area contributed by atoms with E-state index in [1.165, 1.54) is 50.1 Å². The molecule has 22 nitrogen and oxygen atoms in total. The molecule has 25 heteroatoms. The van der Waals surface area contributed by atoms with Crippen molar-refractivity contribution in [1.82, 2.24) is 9.80 Å². The van der Waals surface area contributed by atoms with Gasteiger partial charge in [0.15, 0.2) is 22.8 Å². The summed E-state index contributed by atoms with van der Waals surface area (Å²) in [5, 5.41) is 118. The molecule has 2 aromatic carbocycles. The second kappa shape index (κ2) is 21.6. The van der Waals surface area contributed by atoms with Crippen molar-refractivity contribution in [2.24, 2.45) is 35.1 Å². The van der Waals surface area contributed by atoms with E-state index >= 15 is 0 Å². The topological polar surface area (TPSA) is 415 Å². The lowest BCUT2D eigenvalue weighted by molar-refractivity contribution is -0.162. The first-order valence-electron chi connectivity index (χ1n) is 21.1. The summed E-state index contributed by atoms with van der Waals surface area (Å²) in [4.78, 5) is 79.6. The van der Waals surface area contributed by atoms with Crippen LogP contribution in [0.1, 0.15) is 64.4 Å². The smallest absolute Gasteiger partial charge is 0.255 e. The Morgan fingerprint density at radius 2 is 0.887 bits per heavy atom. The lowest BCUT2D eigenvalue weighted by Crippen LogP contribution is -2.68. The average Bonchev–Trinajstić information content (AvgIpc) is 3.23. The highest BCUT2D eigenvalue weighted by molar-refractivity contribution is 6.26. The van der Waals surface area contributed by atoms with Crippen molar-refractivity contribution in [3.63, 3.8) is 0 Å². The third kappa shape index (κ3) is 8.63. The van der Waals surface area contributed by atoms with E-state index in [2.05, 4.69) is 0 Å². The number of hydrogen-bond acceptors (Lipinski definition) is 19. The third-order valence-electron chi connectivity index (χ3n) is 14.0. The fourth-order valence-corrected chi connectivity index (χ4v) is 11.2.